The maximum absolute atomic E-state index is 11.6. The van der Waals surface area contributed by atoms with E-state index in [4.69, 9.17) is 5.73 Å². The lowest BCUT2D eigenvalue weighted by atomic mass is 9.94. The monoisotopic (exact) mass is 282 g/mol. The first-order valence-electron chi connectivity index (χ1n) is 5.92. The second-order valence-corrected chi connectivity index (χ2v) is 7.05. The Morgan fingerprint density at radius 2 is 1.71 bits per heavy atom. The van der Waals surface area contributed by atoms with Crippen molar-refractivity contribution in [3.63, 3.8) is 0 Å². The van der Waals surface area contributed by atoms with Crippen LogP contribution in [0.1, 0.15) is 47.5 Å². The minimum Gasteiger partial charge on any atom is -0.354 e. The zero-order chi connectivity index (χ0) is 12.8. The van der Waals surface area contributed by atoms with Crippen LogP contribution in [-0.2, 0) is 4.79 Å². The summed E-state index contributed by atoms with van der Waals surface area (Å²) in [6.45, 7) is 11.0. The van der Waals surface area contributed by atoms with Crippen molar-refractivity contribution in [2.75, 3.05) is 12.3 Å². The molecule has 0 heterocycles. The van der Waals surface area contributed by atoms with Crippen LogP contribution in [0.4, 0.5) is 0 Å². The van der Waals surface area contributed by atoms with Crippen LogP contribution in [0.3, 0.4) is 0 Å². The minimum absolute atomic E-state index is 0. The maximum atomic E-state index is 11.6. The molecule has 1 amide bonds. The number of thioether (sulfide) groups is 1. The van der Waals surface area contributed by atoms with Gasteiger partial charge >= 0.3 is 0 Å². The van der Waals surface area contributed by atoms with Gasteiger partial charge in [-0.15, -0.1) is 24.2 Å². The number of nitrogens with one attached hydrogen (secondary N) is 1. The van der Waals surface area contributed by atoms with Crippen LogP contribution in [0.5, 0.6) is 0 Å². The van der Waals surface area contributed by atoms with E-state index in [-0.39, 0.29) is 28.6 Å². The highest BCUT2D eigenvalue weighted by atomic mass is 35.5. The minimum atomic E-state index is -0.248. The van der Waals surface area contributed by atoms with Gasteiger partial charge in [0.2, 0.25) is 5.91 Å². The first-order valence-corrected chi connectivity index (χ1v) is 6.90. The van der Waals surface area contributed by atoms with E-state index in [9.17, 15) is 4.79 Å². The Morgan fingerprint density at radius 1 is 1.24 bits per heavy atom. The summed E-state index contributed by atoms with van der Waals surface area (Å²) in [5.74, 6) is 0.587. The van der Waals surface area contributed by atoms with Crippen molar-refractivity contribution < 1.29 is 4.79 Å². The molecule has 5 heteroatoms. The van der Waals surface area contributed by atoms with E-state index >= 15 is 0 Å². The molecule has 3 nitrogen and oxygen atoms in total. The molecule has 0 aliphatic heterocycles. The van der Waals surface area contributed by atoms with Crippen molar-refractivity contribution in [3.05, 3.63) is 0 Å². The molecule has 0 radical (unpaired) electrons. The summed E-state index contributed by atoms with van der Waals surface area (Å²) in [7, 11) is 0. The summed E-state index contributed by atoms with van der Waals surface area (Å²) in [6.07, 6.45) is 1.77. The van der Waals surface area contributed by atoms with Crippen LogP contribution in [0.25, 0.3) is 0 Å². The smallest absolute Gasteiger partial charge is 0.230 e. The summed E-state index contributed by atoms with van der Waals surface area (Å²) in [6, 6.07) is 0. The van der Waals surface area contributed by atoms with Gasteiger partial charge in [0.15, 0.2) is 0 Å². The number of hydrogen-bond acceptors (Lipinski definition) is 3. The molecule has 0 unspecified atom stereocenters. The summed E-state index contributed by atoms with van der Waals surface area (Å²) in [4.78, 5) is 11.6. The van der Waals surface area contributed by atoms with Gasteiger partial charge in [-0.1, -0.05) is 34.6 Å². The highest BCUT2D eigenvalue weighted by Crippen LogP contribution is 2.22. The lowest BCUT2D eigenvalue weighted by Gasteiger charge is -2.27. The van der Waals surface area contributed by atoms with Crippen LogP contribution in [0.2, 0.25) is 0 Å². The summed E-state index contributed by atoms with van der Waals surface area (Å²) >= 11 is 1.65. The van der Waals surface area contributed by atoms with Gasteiger partial charge < -0.3 is 11.1 Å². The van der Waals surface area contributed by atoms with Gasteiger partial charge in [-0.25, -0.2) is 0 Å². The molecule has 0 aromatic heterocycles. The fourth-order valence-corrected chi connectivity index (χ4v) is 1.77. The normalized spacial score (nSPS) is 11.9. The number of nitrogens with two attached hydrogens (primary N) is 1. The van der Waals surface area contributed by atoms with E-state index < -0.39 is 0 Å². The third-order valence-corrected chi connectivity index (χ3v) is 3.95. The number of rotatable bonds is 6. The van der Waals surface area contributed by atoms with E-state index in [1.54, 1.807) is 11.8 Å². The Kier molecular flexibility index (Phi) is 9.39. The topological polar surface area (TPSA) is 55.1 Å². The predicted octanol–water partition coefficient (Wildman–Crippen LogP) is 2.57. The standard InChI is InChI=1S/C12H26N2OS.ClH/c1-6-12(13,7-2)9-14-10(15)8-16-11(3,4)5;/h6-9,13H2,1-5H3,(H,14,15);1H. The number of amides is 1. The van der Waals surface area contributed by atoms with Crippen LogP contribution in [-0.4, -0.2) is 28.5 Å². The van der Waals surface area contributed by atoms with E-state index in [2.05, 4.69) is 39.9 Å². The summed E-state index contributed by atoms with van der Waals surface area (Å²) in [5.41, 5.74) is 5.86. The van der Waals surface area contributed by atoms with Crippen molar-refractivity contribution in [3.8, 4) is 0 Å². The highest BCUT2D eigenvalue weighted by Gasteiger charge is 2.21. The molecule has 0 atom stereocenters. The van der Waals surface area contributed by atoms with Crippen molar-refractivity contribution in [2.45, 2.75) is 57.7 Å². The van der Waals surface area contributed by atoms with Crippen molar-refractivity contribution in [1.29, 1.82) is 0 Å². The molecule has 0 aromatic carbocycles. The highest BCUT2D eigenvalue weighted by molar-refractivity contribution is 8.01. The molecule has 0 saturated carbocycles. The van der Waals surface area contributed by atoms with Crippen molar-refractivity contribution in [2.24, 2.45) is 5.73 Å². The molecule has 3 N–H and O–H groups in total. The molecule has 0 bridgehead atoms. The molecule has 17 heavy (non-hydrogen) atoms. The molecular formula is C12H27ClN2OS. The molecule has 0 saturated heterocycles. The van der Waals surface area contributed by atoms with Crippen molar-refractivity contribution >= 4 is 30.1 Å². The van der Waals surface area contributed by atoms with Crippen LogP contribution < -0.4 is 11.1 Å². The predicted molar refractivity (Wildman–Crippen MR) is 80.0 cm³/mol. The van der Waals surface area contributed by atoms with Gasteiger partial charge in [0, 0.05) is 16.8 Å². The lowest BCUT2D eigenvalue weighted by molar-refractivity contribution is -0.118. The first kappa shape index (κ1) is 19.4. The Bertz CT molecular complexity index is 225. The fraction of sp³-hybridized carbons (Fsp3) is 0.917. The van der Waals surface area contributed by atoms with Crippen LogP contribution in [0, 0.1) is 0 Å². The number of carbonyl (C=O) groups excluding carboxylic acids is 1. The number of halogens is 1. The molecule has 0 spiro atoms. The molecule has 0 aromatic rings. The molecule has 0 rings (SSSR count). The van der Waals surface area contributed by atoms with E-state index in [0.29, 0.717) is 12.3 Å². The Morgan fingerprint density at radius 3 is 2.06 bits per heavy atom. The van der Waals surface area contributed by atoms with Gasteiger partial charge in [-0.3, -0.25) is 4.79 Å². The molecule has 0 aliphatic carbocycles. The fourth-order valence-electron chi connectivity index (χ4n) is 1.11. The number of carbonyl (C=O) groups is 1. The lowest BCUT2D eigenvalue weighted by Crippen LogP contribution is -2.49. The van der Waals surface area contributed by atoms with Crippen LogP contribution in [0.15, 0.2) is 0 Å². The maximum Gasteiger partial charge on any atom is 0.230 e. The third-order valence-electron chi connectivity index (χ3n) is 2.68. The summed E-state index contributed by atoms with van der Waals surface area (Å²) in [5, 5.41) is 2.91. The molecular weight excluding hydrogens is 256 g/mol. The molecule has 0 aliphatic rings. The Labute approximate surface area is 116 Å². The van der Waals surface area contributed by atoms with Gasteiger partial charge in [-0.05, 0) is 12.8 Å². The Hall–Kier alpha value is 0.0700. The average Bonchev–Trinajstić information content (AvgIpc) is 2.22. The van der Waals surface area contributed by atoms with Crippen LogP contribution >= 0.6 is 24.2 Å². The van der Waals surface area contributed by atoms with Gasteiger partial charge in [0.05, 0.1) is 5.75 Å². The quantitative estimate of drug-likeness (QED) is 0.787. The summed E-state index contributed by atoms with van der Waals surface area (Å²) < 4.78 is 0.132. The van der Waals surface area contributed by atoms with Gasteiger partial charge in [-0.2, -0.15) is 0 Å². The number of hydrogen-bond donors (Lipinski definition) is 2. The SMILES string of the molecule is CCC(N)(CC)CNC(=O)CSC(C)(C)C.Cl. The van der Waals surface area contributed by atoms with Crippen molar-refractivity contribution in [1.82, 2.24) is 5.32 Å². The molecule has 0 fully saturated rings. The zero-order valence-electron chi connectivity index (χ0n) is 11.6. The zero-order valence-corrected chi connectivity index (χ0v) is 13.3. The first-order chi connectivity index (χ1) is 7.22. The largest absolute Gasteiger partial charge is 0.354 e. The Balaban J connectivity index is 0. The van der Waals surface area contributed by atoms with E-state index in [1.807, 2.05) is 0 Å². The second-order valence-electron chi connectivity index (χ2n) is 5.25. The third kappa shape index (κ3) is 9.74. The van der Waals surface area contributed by atoms with E-state index in [0.717, 1.165) is 12.8 Å². The average molecular weight is 283 g/mol. The van der Waals surface area contributed by atoms with E-state index in [1.165, 1.54) is 0 Å². The van der Waals surface area contributed by atoms with Gasteiger partial charge in [0.25, 0.3) is 0 Å². The van der Waals surface area contributed by atoms with Gasteiger partial charge in [0.1, 0.15) is 0 Å². The second kappa shape index (κ2) is 8.22. The molecule has 104 valence electrons.